The van der Waals surface area contributed by atoms with Crippen molar-refractivity contribution in [3.8, 4) is 0 Å². The molecule has 0 saturated heterocycles. The van der Waals surface area contributed by atoms with Crippen molar-refractivity contribution in [2.24, 2.45) is 23.0 Å². The molecular formula is C45H75N7O5. The van der Waals surface area contributed by atoms with Gasteiger partial charge in [-0.15, -0.1) is 0 Å². The number of Topliss-reactive ketones (excluding diaryl/α,β-unsaturated/α-hetero) is 2. The maximum atomic E-state index is 15.4. The molecule has 2 fully saturated rings. The van der Waals surface area contributed by atoms with Crippen LogP contribution in [0.4, 0.5) is 10.5 Å². The second kappa shape index (κ2) is 20.5. The Morgan fingerprint density at radius 2 is 1.58 bits per heavy atom. The molecule has 1 aromatic carbocycles. The van der Waals surface area contributed by atoms with Gasteiger partial charge in [-0.05, 0) is 114 Å². The standard InChI is InChI=1S/C45H75N7O5/c1-31(2)38(52-44(22-10-8-9-11-23-44)36(53)21-28-49-42(3,4)5)40(56)50-35(15-13-27-48-41(46)57)39(55)45-24-12-14-33(20-25-45)43(6,7)26-29-47-37(54)30-32-16-18-34(51-45)19-17-32/h16-19,31,33,35,38,49,51-52H,8-15,20-30H2,1-7H3,(H,47,54)(H,50,56)(H3,46,48,57)/t33?,35-,38-,45?/m0/s1. The van der Waals surface area contributed by atoms with E-state index in [9.17, 15) is 19.2 Å². The highest BCUT2D eigenvalue weighted by molar-refractivity contribution is 5.99. The Balaban J connectivity index is 1.67. The zero-order chi connectivity index (χ0) is 41.9. The van der Waals surface area contributed by atoms with Crippen molar-refractivity contribution in [1.29, 1.82) is 0 Å². The number of benzene rings is 1. The van der Waals surface area contributed by atoms with E-state index in [-0.39, 0.29) is 53.2 Å². The molecule has 2 aliphatic carbocycles. The van der Waals surface area contributed by atoms with Gasteiger partial charge in [0.25, 0.3) is 0 Å². The lowest BCUT2D eigenvalue weighted by molar-refractivity contribution is -0.134. The molecule has 57 heavy (non-hydrogen) atoms. The molecule has 2 saturated carbocycles. The lowest BCUT2D eigenvalue weighted by atomic mass is 9.72. The molecular weight excluding hydrogens is 719 g/mol. The van der Waals surface area contributed by atoms with Crippen molar-refractivity contribution in [2.75, 3.05) is 25.0 Å². The highest BCUT2D eigenvalue weighted by Crippen LogP contribution is 2.44. The van der Waals surface area contributed by atoms with E-state index >= 15 is 4.79 Å². The Labute approximate surface area is 342 Å². The molecule has 2 heterocycles. The molecule has 4 bridgehead atoms. The van der Waals surface area contributed by atoms with Gasteiger partial charge in [-0.3, -0.25) is 24.5 Å². The number of fused-ring (bicyclic) bond motifs is 7. The molecule has 4 atom stereocenters. The molecule has 8 N–H and O–H groups in total. The average Bonchev–Trinajstić information content (AvgIpc) is 3.51. The molecule has 12 heteroatoms. The maximum Gasteiger partial charge on any atom is 0.312 e. The second-order valence-corrected chi connectivity index (χ2v) is 19.4. The lowest BCUT2D eigenvalue weighted by Gasteiger charge is -2.40. The molecule has 0 spiro atoms. The number of carbonyl (C=O) groups excluding carboxylic acids is 5. The first-order valence-electron chi connectivity index (χ1n) is 21.9. The maximum absolute atomic E-state index is 15.4. The summed E-state index contributed by atoms with van der Waals surface area (Å²) in [5, 5.41) is 19.8. The summed E-state index contributed by atoms with van der Waals surface area (Å²) in [6.45, 7) is 16.2. The van der Waals surface area contributed by atoms with Gasteiger partial charge in [0.05, 0.1) is 29.6 Å². The zero-order valence-electron chi connectivity index (χ0n) is 36.2. The van der Waals surface area contributed by atoms with E-state index in [2.05, 4.69) is 66.5 Å². The summed E-state index contributed by atoms with van der Waals surface area (Å²) < 4.78 is 0. The van der Waals surface area contributed by atoms with E-state index in [1.807, 2.05) is 38.1 Å². The summed E-state index contributed by atoms with van der Waals surface area (Å²) in [6, 6.07) is 5.54. The Hall–Kier alpha value is -3.51. The number of urea groups is 1. The minimum absolute atomic E-state index is 0.0000213. The average molecular weight is 794 g/mol. The van der Waals surface area contributed by atoms with Crippen molar-refractivity contribution >= 4 is 35.1 Å². The van der Waals surface area contributed by atoms with Crippen molar-refractivity contribution in [3.05, 3.63) is 29.8 Å². The third-order valence-electron chi connectivity index (χ3n) is 12.9. The fourth-order valence-corrected chi connectivity index (χ4v) is 9.35. The number of primary amides is 1. The Kier molecular flexibility index (Phi) is 16.6. The summed E-state index contributed by atoms with van der Waals surface area (Å²) in [5.74, 6) is -0.0569. The summed E-state index contributed by atoms with van der Waals surface area (Å²) in [7, 11) is 0. The van der Waals surface area contributed by atoms with Gasteiger partial charge in [0, 0.05) is 37.3 Å². The van der Waals surface area contributed by atoms with Crippen LogP contribution in [0.25, 0.3) is 0 Å². The van der Waals surface area contributed by atoms with Crippen molar-refractivity contribution in [3.63, 3.8) is 0 Å². The van der Waals surface area contributed by atoms with Crippen LogP contribution in [0.3, 0.4) is 0 Å². The highest BCUT2D eigenvalue weighted by atomic mass is 16.2. The van der Waals surface area contributed by atoms with E-state index in [1.54, 1.807) is 0 Å². The molecule has 320 valence electrons. The largest absolute Gasteiger partial charge is 0.373 e. The van der Waals surface area contributed by atoms with E-state index in [4.69, 9.17) is 5.73 Å². The van der Waals surface area contributed by atoms with Gasteiger partial charge in [0.1, 0.15) is 0 Å². The number of carbonyl (C=O) groups is 5. The van der Waals surface area contributed by atoms with Crippen LogP contribution in [-0.2, 0) is 25.6 Å². The zero-order valence-corrected chi connectivity index (χ0v) is 36.2. The van der Waals surface area contributed by atoms with Crippen LogP contribution >= 0.6 is 0 Å². The number of anilines is 1. The fourth-order valence-electron chi connectivity index (χ4n) is 9.35. The third kappa shape index (κ3) is 13.5. The Morgan fingerprint density at radius 1 is 0.895 bits per heavy atom. The molecule has 2 unspecified atom stereocenters. The van der Waals surface area contributed by atoms with Crippen molar-refractivity contribution in [1.82, 2.24) is 26.6 Å². The van der Waals surface area contributed by atoms with Gasteiger partial charge in [-0.1, -0.05) is 71.9 Å². The van der Waals surface area contributed by atoms with Crippen molar-refractivity contribution < 1.29 is 24.0 Å². The summed E-state index contributed by atoms with van der Waals surface area (Å²) in [4.78, 5) is 68.6. The molecule has 0 radical (unpaired) electrons. The van der Waals surface area contributed by atoms with Crippen LogP contribution in [0.15, 0.2) is 24.3 Å². The van der Waals surface area contributed by atoms with Gasteiger partial charge in [0.15, 0.2) is 11.6 Å². The van der Waals surface area contributed by atoms with E-state index in [1.165, 1.54) is 0 Å². The molecule has 1 aromatic rings. The van der Waals surface area contributed by atoms with E-state index < -0.39 is 29.2 Å². The van der Waals surface area contributed by atoms with Gasteiger partial charge in [0.2, 0.25) is 11.8 Å². The van der Waals surface area contributed by atoms with Gasteiger partial charge in [-0.2, -0.15) is 0 Å². The summed E-state index contributed by atoms with van der Waals surface area (Å²) in [6.07, 6.45) is 11.3. The first-order chi connectivity index (χ1) is 26.8. The number of amides is 4. The van der Waals surface area contributed by atoms with Crippen LogP contribution in [0, 0.1) is 17.3 Å². The first kappa shape index (κ1) is 46.2. The molecule has 5 rings (SSSR count). The number of nitrogens with two attached hydrogens (primary N) is 1. The summed E-state index contributed by atoms with van der Waals surface area (Å²) in [5.41, 5.74) is 5.12. The van der Waals surface area contributed by atoms with E-state index in [0.717, 1.165) is 62.6 Å². The summed E-state index contributed by atoms with van der Waals surface area (Å²) >= 11 is 0. The predicted molar refractivity (Wildman–Crippen MR) is 228 cm³/mol. The number of ketones is 2. The number of hydrogen-bond donors (Lipinski definition) is 7. The van der Waals surface area contributed by atoms with Gasteiger partial charge < -0.3 is 32.3 Å². The number of nitrogens with one attached hydrogen (secondary N) is 6. The highest BCUT2D eigenvalue weighted by Gasteiger charge is 2.47. The van der Waals surface area contributed by atoms with Crippen LogP contribution in [0.2, 0.25) is 0 Å². The SMILES string of the molecule is CC(C)[C@H](NC1(C(=O)CCNC(C)(C)C)CCCCCC1)C(=O)N[C@@H](CCCNC(N)=O)C(=O)C12CCCC(CC1)C(C)(C)CCNC(=O)Cc1ccc(cc1)N2. The smallest absolute Gasteiger partial charge is 0.312 e. The van der Waals surface area contributed by atoms with Gasteiger partial charge in [-0.25, -0.2) is 4.79 Å². The predicted octanol–water partition coefficient (Wildman–Crippen LogP) is 6.06. The molecule has 12 nitrogen and oxygen atoms in total. The fraction of sp³-hybridized carbons (Fsp3) is 0.756. The third-order valence-corrected chi connectivity index (χ3v) is 12.9. The van der Waals surface area contributed by atoms with Crippen LogP contribution in [0.5, 0.6) is 0 Å². The normalized spacial score (nSPS) is 23.7. The second-order valence-electron chi connectivity index (χ2n) is 19.4. The Bertz CT molecular complexity index is 1510. The minimum Gasteiger partial charge on any atom is -0.373 e. The quantitative estimate of drug-likeness (QED) is 0.0826. The van der Waals surface area contributed by atoms with Crippen LogP contribution in [0.1, 0.15) is 150 Å². The van der Waals surface area contributed by atoms with Crippen molar-refractivity contribution in [2.45, 2.75) is 180 Å². The topological polar surface area (TPSA) is 184 Å². The lowest BCUT2D eigenvalue weighted by Crippen LogP contribution is -2.63. The minimum atomic E-state index is -0.963. The molecule has 0 aromatic heterocycles. The van der Waals surface area contributed by atoms with Crippen LogP contribution < -0.4 is 37.6 Å². The molecule has 2 aliphatic heterocycles. The first-order valence-corrected chi connectivity index (χ1v) is 21.9. The molecule has 4 aliphatic rings. The number of rotatable bonds is 15. The monoisotopic (exact) mass is 794 g/mol. The molecule has 4 amide bonds. The number of hydrogen-bond acceptors (Lipinski definition) is 8. The Morgan fingerprint density at radius 3 is 2.21 bits per heavy atom. The van der Waals surface area contributed by atoms with Gasteiger partial charge >= 0.3 is 6.03 Å². The van der Waals surface area contributed by atoms with Crippen LogP contribution in [-0.4, -0.2) is 77.7 Å². The van der Waals surface area contributed by atoms with E-state index in [0.29, 0.717) is 64.0 Å².